The summed E-state index contributed by atoms with van der Waals surface area (Å²) < 4.78 is 0. The number of nitrogens with two attached hydrogens (primary N) is 1. The first-order valence-corrected chi connectivity index (χ1v) is 11.7. The number of hydrogen-bond donors (Lipinski definition) is 6. The van der Waals surface area contributed by atoms with Crippen molar-refractivity contribution in [3.63, 3.8) is 0 Å². The Hall–Kier alpha value is -3.40. The van der Waals surface area contributed by atoms with E-state index in [2.05, 4.69) is 26.3 Å². The number of hydrogen-bond acceptors (Lipinski definition) is 5. The lowest BCUT2D eigenvalue weighted by molar-refractivity contribution is -0.132. The molecule has 7 N–H and O–H groups in total. The van der Waals surface area contributed by atoms with Crippen LogP contribution in [0.2, 0.25) is 0 Å². The lowest BCUT2D eigenvalue weighted by atomic mass is 10.0. The number of amides is 4. The quantitative estimate of drug-likeness (QED) is 0.274. The summed E-state index contributed by atoms with van der Waals surface area (Å²) in [5.74, 6) is -1.70. The second-order valence-corrected chi connectivity index (χ2v) is 9.14. The Kier molecular flexibility index (Phi) is 8.64. The van der Waals surface area contributed by atoms with Gasteiger partial charge in [0.15, 0.2) is 0 Å². The van der Waals surface area contributed by atoms with E-state index in [1.165, 1.54) is 0 Å². The molecule has 184 valence electrons. The van der Waals surface area contributed by atoms with Gasteiger partial charge in [0.1, 0.15) is 12.1 Å². The molecule has 10 heteroatoms. The summed E-state index contributed by atoms with van der Waals surface area (Å²) in [6.45, 7) is 4.35. The first-order valence-electron chi connectivity index (χ1n) is 11.7. The number of aromatic amines is 1. The molecule has 1 aromatic carbocycles. The molecular formula is C24H34N6O4. The highest BCUT2D eigenvalue weighted by atomic mass is 16.2. The molecule has 1 fully saturated rings. The van der Waals surface area contributed by atoms with Crippen molar-refractivity contribution >= 4 is 34.5 Å². The van der Waals surface area contributed by atoms with E-state index in [0.29, 0.717) is 6.42 Å². The van der Waals surface area contributed by atoms with Crippen LogP contribution in [0.4, 0.5) is 0 Å². The second-order valence-electron chi connectivity index (χ2n) is 9.14. The predicted molar refractivity (Wildman–Crippen MR) is 129 cm³/mol. The average molecular weight is 471 g/mol. The Morgan fingerprint density at radius 1 is 1.12 bits per heavy atom. The number of carbonyl (C=O) groups is 4. The lowest BCUT2D eigenvalue weighted by Crippen LogP contribution is -2.54. The van der Waals surface area contributed by atoms with Gasteiger partial charge in [0.2, 0.25) is 23.6 Å². The smallest absolute Gasteiger partial charge is 0.243 e. The van der Waals surface area contributed by atoms with Crippen LogP contribution in [0.15, 0.2) is 30.5 Å². The van der Waals surface area contributed by atoms with Crippen molar-refractivity contribution in [2.45, 2.75) is 57.7 Å². The van der Waals surface area contributed by atoms with Crippen molar-refractivity contribution in [2.24, 2.45) is 11.7 Å². The number of aromatic nitrogens is 1. The third kappa shape index (κ3) is 6.80. The van der Waals surface area contributed by atoms with Crippen LogP contribution in [0, 0.1) is 5.92 Å². The van der Waals surface area contributed by atoms with Gasteiger partial charge in [-0.1, -0.05) is 32.0 Å². The van der Waals surface area contributed by atoms with Gasteiger partial charge in [-0.15, -0.1) is 0 Å². The highest BCUT2D eigenvalue weighted by Gasteiger charge is 2.28. The standard InChI is InChI=1S/C24H34N6O4/c1-14(2)10-20(30-24(34)18-8-5-9-26-18)23(33)28-13-21(31)29-19(22(25)32)11-15-12-27-17-7-4-3-6-16(15)17/h3-4,6-7,12,14,18-20,26-27H,5,8-11,13H2,1-2H3,(H2,25,32)(H,28,33)(H,29,31)(H,30,34). The number of benzene rings is 1. The summed E-state index contributed by atoms with van der Waals surface area (Å²) in [7, 11) is 0. The third-order valence-electron chi connectivity index (χ3n) is 5.92. The second kappa shape index (κ2) is 11.6. The molecule has 1 saturated heterocycles. The molecular weight excluding hydrogens is 436 g/mol. The van der Waals surface area contributed by atoms with Gasteiger partial charge >= 0.3 is 0 Å². The fraction of sp³-hybridized carbons (Fsp3) is 0.500. The molecule has 1 aliphatic heterocycles. The van der Waals surface area contributed by atoms with E-state index in [0.717, 1.165) is 35.9 Å². The molecule has 10 nitrogen and oxygen atoms in total. The van der Waals surface area contributed by atoms with Crippen molar-refractivity contribution in [2.75, 3.05) is 13.1 Å². The molecule has 3 rings (SSSR count). The molecule has 1 aromatic heterocycles. The largest absolute Gasteiger partial charge is 0.368 e. The highest BCUT2D eigenvalue weighted by molar-refractivity contribution is 5.93. The van der Waals surface area contributed by atoms with Crippen LogP contribution in [0.25, 0.3) is 10.9 Å². The number of para-hydroxylation sites is 1. The van der Waals surface area contributed by atoms with Gasteiger partial charge < -0.3 is 32.0 Å². The Balaban J connectivity index is 1.55. The lowest BCUT2D eigenvalue weighted by Gasteiger charge is -2.22. The zero-order valence-corrected chi connectivity index (χ0v) is 19.6. The maximum Gasteiger partial charge on any atom is 0.243 e. The van der Waals surface area contributed by atoms with E-state index in [1.54, 1.807) is 6.20 Å². The normalized spacial score (nSPS) is 17.3. The summed E-state index contributed by atoms with van der Waals surface area (Å²) in [5, 5.41) is 12.0. The van der Waals surface area contributed by atoms with Gasteiger partial charge in [0.25, 0.3) is 0 Å². The molecule has 4 amide bonds. The van der Waals surface area contributed by atoms with E-state index >= 15 is 0 Å². The van der Waals surface area contributed by atoms with Gasteiger partial charge in [-0.05, 0) is 43.4 Å². The number of nitrogens with one attached hydrogen (secondary N) is 5. The molecule has 2 aromatic rings. The number of H-pyrrole nitrogens is 1. The Morgan fingerprint density at radius 3 is 2.56 bits per heavy atom. The van der Waals surface area contributed by atoms with Gasteiger partial charge in [0, 0.05) is 23.5 Å². The summed E-state index contributed by atoms with van der Waals surface area (Å²) in [6.07, 6.45) is 4.09. The van der Waals surface area contributed by atoms with Crippen molar-refractivity contribution in [3.05, 3.63) is 36.0 Å². The number of primary amides is 1. The summed E-state index contributed by atoms with van der Waals surface area (Å²) in [5.41, 5.74) is 7.29. The van der Waals surface area contributed by atoms with E-state index in [-0.39, 0.29) is 30.8 Å². The molecule has 0 bridgehead atoms. The van der Waals surface area contributed by atoms with Crippen molar-refractivity contribution in [1.82, 2.24) is 26.3 Å². The number of carbonyl (C=O) groups excluding carboxylic acids is 4. The molecule has 3 atom stereocenters. The maximum absolute atomic E-state index is 12.7. The molecule has 0 spiro atoms. The Bertz CT molecular complexity index is 1030. The molecule has 0 saturated carbocycles. The van der Waals surface area contributed by atoms with Crippen LogP contribution < -0.4 is 27.0 Å². The van der Waals surface area contributed by atoms with Crippen LogP contribution >= 0.6 is 0 Å². The van der Waals surface area contributed by atoms with Crippen LogP contribution in [0.3, 0.4) is 0 Å². The van der Waals surface area contributed by atoms with Gasteiger partial charge in [-0.25, -0.2) is 0 Å². The third-order valence-corrected chi connectivity index (χ3v) is 5.92. The summed E-state index contributed by atoms with van der Waals surface area (Å²) in [4.78, 5) is 52.8. The van der Waals surface area contributed by atoms with Gasteiger partial charge in [-0.3, -0.25) is 19.2 Å². The van der Waals surface area contributed by atoms with Gasteiger partial charge in [0.05, 0.1) is 12.6 Å². The van der Waals surface area contributed by atoms with E-state index in [4.69, 9.17) is 5.73 Å². The average Bonchev–Trinajstić information content (AvgIpc) is 3.47. The van der Waals surface area contributed by atoms with Crippen molar-refractivity contribution < 1.29 is 19.2 Å². The maximum atomic E-state index is 12.7. The van der Waals surface area contributed by atoms with Gasteiger partial charge in [-0.2, -0.15) is 0 Å². The topological polar surface area (TPSA) is 158 Å². The minimum atomic E-state index is -0.928. The van der Waals surface area contributed by atoms with Crippen LogP contribution in [0.5, 0.6) is 0 Å². The minimum Gasteiger partial charge on any atom is -0.368 e. The molecule has 0 aliphatic carbocycles. The van der Waals surface area contributed by atoms with E-state index in [9.17, 15) is 19.2 Å². The SMILES string of the molecule is CC(C)CC(NC(=O)C1CCCN1)C(=O)NCC(=O)NC(Cc1c[nH]c2ccccc12)C(N)=O. The van der Waals surface area contributed by atoms with Crippen LogP contribution in [0.1, 0.15) is 38.7 Å². The van der Waals surface area contributed by atoms with Crippen LogP contribution in [-0.4, -0.2) is 59.8 Å². The first kappa shape index (κ1) is 25.2. The fourth-order valence-corrected chi connectivity index (χ4v) is 4.16. The Labute approximate surface area is 198 Å². The highest BCUT2D eigenvalue weighted by Crippen LogP contribution is 2.19. The zero-order chi connectivity index (χ0) is 24.7. The first-order chi connectivity index (χ1) is 16.2. The minimum absolute atomic E-state index is 0.164. The molecule has 2 heterocycles. The molecule has 0 radical (unpaired) electrons. The Morgan fingerprint density at radius 2 is 1.88 bits per heavy atom. The van der Waals surface area contributed by atoms with Crippen molar-refractivity contribution in [1.29, 1.82) is 0 Å². The molecule has 3 unspecified atom stereocenters. The molecule has 1 aliphatic rings. The summed E-state index contributed by atoms with van der Waals surface area (Å²) in [6, 6.07) is 5.66. The summed E-state index contributed by atoms with van der Waals surface area (Å²) >= 11 is 0. The van der Waals surface area contributed by atoms with Crippen LogP contribution in [-0.2, 0) is 25.6 Å². The zero-order valence-electron chi connectivity index (χ0n) is 19.6. The van der Waals surface area contributed by atoms with E-state index < -0.39 is 29.8 Å². The number of rotatable bonds is 11. The van der Waals surface area contributed by atoms with E-state index in [1.807, 2.05) is 38.1 Å². The fourth-order valence-electron chi connectivity index (χ4n) is 4.16. The molecule has 34 heavy (non-hydrogen) atoms. The monoisotopic (exact) mass is 470 g/mol. The predicted octanol–water partition coefficient (Wildman–Crippen LogP) is 0.0796. The number of fused-ring (bicyclic) bond motifs is 1. The van der Waals surface area contributed by atoms with Crippen molar-refractivity contribution in [3.8, 4) is 0 Å².